The normalized spacial score (nSPS) is 26.9. The largest absolute Gasteiger partial charge is 0.397 e. The summed E-state index contributed by atoms with van der Waals surface area (Å²) in [5, 5.41) is 19.2. The number of aliphatic hydroxyl groups excluding tert-OH is 1. The van der Waals surface area contributed by atoms with E-state index in [-0.39, 0.29) is 24.2 Å². The summed E-state index contributed by atoms with van der Waals surface area (Å²) in [5.41, 5.74) is -0.704. The van der Waals surface area contributed by atoms with Gasteiger partial charge in [-0.25, -0.2) is 4.39 Å². The Bertz CT molecular complexity index is 2480. The lowest BCUT2D eigenvalue weighted by Gasteiger charge is -2.42. The molecule has 18 heteroatoms. The molecule has 3 unspecified atom stereocenters. The van der Waals surface area contributed by atoms with E-state index in [2.05, 4.69) is 164 Å². The summed E-state index contributed by atoms with van der Waals surface area (Å²) in [5.74, 6) is 18.3. The monoisotopic (exact) mass is 1890 g/mol. The van der Waals surface area contributed by atoms with Gasteiger partial charge in [0.2, 0.25) is 11.8 Å². The van der Waals surface area contributed by atoms with Gasteiger partial charge in [-0.2, -0.15) is 13.2 Å². The van der Waals surface area contributed by atoms with Gasteiger partial charge in [0.1, 0.15) is 13.1 Å². The molecular formula is C114H223F4N3O11. The summed E-state index contributed by atoms with van der Waals surface area (Å²) < 4.78 is 86.2. The smallest absolute Gasteiger partial charge is 0.393 e. The second kappa shape index (κ2) is 72.5. The molecule has 3 aliphatic carbocycles. The Kier molecular flexibility index (Phi) is 70.4. The predicted molar refractivity (Wildman–Crippen MR) is 550 cm³/mol. The molecule has 9 heterocycles. The summed E-state index contributed by atoms with van der Waals surface area (Å²) in [7, 11) is 1.64. The molecule has 0 radical (unpaired) electrons. The maximum Gasteiger partial charge on any atom is 0.397 e. The fourth-order valence-electron chi connectivity index (χ4n) is 20.8. The van der Waals surface area contributed by atoms with Gasteiger partial charge in [0.05, 0.1) is 36.9 Å². The van der Waals surface area contributed by atoms with Crippen molar-refractivity contribution in [2.24, 2.45) is 142 Å². The van der Waals surface area contributed by atoms with Crippen LogP contribution in [0.15, 0.2) is 0 Å². The number of nitrogens with zero attached hydrogens (tertiary/aromatic N) is 3. The molecule has 12 aliphatic rings. The topological polar surface area (TPSA) is 149 Å². The van der Waals surface area contributed by atoms with Crippen LogP contribution in [0.2, 0.25) is 0 Å². The molecule has 12 fully saturated rings. The fourth-order valence-corrected chi connectivity index (χ4v) is 20.8. The van der Waals surface area contributed by atoms with Gasteiger partial charge in [-0.05, 0) is 356 Å². The first-order chi connectivity index (χ1) is 62.0. The summed E-state index contributed by atoms with van der Waals surface area (Å²) in [6.07, 6.45) is 36.4. The fraction of sp³-hybridized carbons (Fsp3) is 0.982. The zero-order valence-electron chi connectivity index (χ0n) is 92.3. The summed E-state index contributed by atoms with van der Waals surface area (Å²) in [6, 6.07) is 0. The molecule has 3 saturated carbocycles. The number of hydrogen-bond donors (Lipinski definition) is 2. The van der Waals surface area contributed by atoms with Gasteiger partial charge in [-0.1, -0.05) is 205 Å². The van der Waals surface area contributed by atoms with E-state index >= 15 is 0 Å². The summed E-state index contributed by atoms with van der Waals surface area (Å²) in [4.78, 5) is 28.8. The van der Waals surface area contributed by atoms with Gasteiger partial charge in [0.25, 0.3) is 0 Å². The van der Waals surface area contributed by atoms with Gasteiger partial charge in [0, 0.05) is 105 Å². The van der Waals surface area contributed by atoms with E-state index in [9.17, 15) is 37.4 Å². The summed E-state index contributed by atoms with van der Waals surface area (Å²) in [6.45, 7) is 79.8. The molecule has 0 aromatic heterocycles. The third-order valence-corrected chi connectivity index (χ3v) is 31.9. The van der Waals surface area contributed by atoms with E-state index in [0.717, 1.165) is 225 Å². The number of piperidine rings is 3. The van der Waals surface area contributed by atoms with Crippen LogP contribution in [0, 0.1) is 142 Å². The average Bonchev–Trinajstić information content (AvgIpc) is 0.845. The number of hydrogen-bond acceptors (Lipinski definition) is 12. The van der Waals surface area contributed by atoms with Crippen molar-refractivity contribution < 1.29 is 70.5 Å². The van der Waals surface area contributed by atoms with Crippen molar-refractivity contribution in [3.05, 3.63) is 0 Å². The lowest BCUT2D eigenvalue weighted by atomic mass is 9.72. The number of alkyl halides is 4. The number of carbonyl (C=O) groups is 2. The third-order valence-electron chi connectivity index (χ3n) is 31.9. The van der Waals surface area contributed by atoms with Crippen LogP contribution >= 0.6 is 0 Å². The first-order valence-corrected chi connectivity index (χ1v) is 55.4. The van der Waals surface area contributed by atoms with E-state index in [4.69, 9.17) is 33.2 Å². The number of carbonyl (C=O) groups excluding carboxylic acids is 2. The second-order valence-electron chi connectivity index (χ2n) is 47.8. The highest BCUT2D eigenvalue weighted by molar-refractivity contribution is 5.77. The van der Waals surface area contributed by atoms with E-state index in [0.29, 0.717) is 79.8 Å². The number of halogens is 4. The lowest BCUT2D eigenvalue weighted by Crippen LogP contribution is -2.50. The lowest BCUT2D eigenvalue weighted by molar-refractivity contribution is -0.162. The molecule has 0 aromatic rings. The third kappa shape index (κ3) is 59.9. The van der Waals surface area contributed by atoms with Crippen LogP contribution in [0.3, 0.4) is 0 Å². The molecule has 14 nitrogen and oxygen atoms in total. The van der Waals surface area contributed by atoms with E-state index in [1.165, 1.54) is 178 Å². The SMILES string of the molecule is CC(C)C1CCC(C(C)(C)O)CC1.CC(C)C1CCCCO1.CC(C)C1CCC[C@@H](C)C1.CC(C)C1CCC[C@@H](O)C1.CC(C)C1CCN(C(C)(C)CF)CC1.CC(C)C1CCOCC1.CC(C)C1CCOCC1.CC(C)[C@@H]1CCCN(C(=O)CC(F)(F)F)C1.CC(C)[C@@H]1CCCOC1.CC(C)[C@H]1CCCCO1.CC(C)[C@H]1CCCOC1.COCCC(=O)N1CCC[C@@H](C(C)C)C1. The summed E-state index contributed by atoms with van der Waals surface area (Å²) >= 11 is 0. The predicted octanol–water partition coefficient (Wildman–Crippen LogP) is 29.4. The zero-order chi connectivity index (χ0) is 99.7. The van der Waals surface area contributed by atoms with Crippen LogP contribution in [-0.4, -0.2) is 198 Å². The number of likely N-dealkylation sites (tertiary alicyclic amines) is 3. The molecule has 9 aliphatic heterocycles. The minimum absolute atomic E-state index is 0.00106. The van der Waals surface area contributed by atoms with Crippen LogP contribution in [-0.2, 0) is 42.7 Å². The number of amides is 2. The molecule has 0 aromatic carbocycles. The number of aliphatic hydroxyl groups is 2. The Hall–Kier alpha value is -1.74. The highest BCUT2D eigenvalue weighted by atomic mass is 19.4. The van der Waals surface area contributed by atoms with Crippen LogP contribution in [0.1, 0.15) is 419 Å². The van der Waals surface area contributed by atoms with Crippen LogP contribution in [0.5, 0.6) is 0 Å². The molecule has 132 heavy (non-hydrogen) atoms. The van der Waals surface area contributed by atoms with Crippen LogP contribution in [0.25, 0.3) is 0 Å². The molecule has 0 bridgehead atoms. The Morgan fingerprint density at radius 2 is 0.720 bits per heavy atom. The van der Waals surface area contributed by atoms with Crippen LogP contribution < -0.4 is 0 Å². The van der Waals surface area contributed by atoms with Gasteiger partial charge in [-0.15, -0.1) is 0 Å². The van der Waals surface area contributed by atoms with Crippen molar-refractivity contribution in [1.82, 2.24) is 14.7 Å². The van der Waals surface area contributed by atoms with Crippen molar-refractivity contribution in [1.29, 1.82) is 0 Å². The van der Waals surface area contributed by atoms with E-state index in [1.807, 2.05) is 46.4 Å². The highest BCUT2D eigenvalue weighted by Gasteiger charge is 2.38. The molecule has 2 N–H and O–H groups in total. The van der Waals surface area contributed by atoms with Gasteiger partial charge >= 0.3 is 6.18 Å². The Morgan fingerprint density at radius 3 is 1.00 bits per heavy atom. The molecule has 0 spiro atoms. The van der Waals surface area contributed by atoms with Crippen molar-refractivity contribution >= 4 is 11.8 Å². The molecule has 2 amide bonds. The maximum absolute atomic E-state index is 12.8. The minimum atomic E-state index is -4.39. The van der Waals surface area contributed by atoms with E-state index in [1.54, 1.807) is 7.11 Å². The number of methoxy groups -OCH3 is 1. The first-order valence-electron chi connectivity index (χ1n) is 55.4. The quantitative estimate of drug-likeness (QED) is 0.119. The van der Waals surface area contributed by atoms with E-state index < -0.39 is 24.1 Å². The van der Waals surface area contributed by atoms with Crippen molar-refractivity contribution in [3.8, 4) is 0 Å². The second-order valence-corrected chi connectivity index (χ2v) is 47.8. The first kappa shape index (κ1) is 128. The van der Waals surface area contributed by atoms with Crippen LogP contribution in [0.4, 0.5) is 17.6 Å². The van der Waals surface area contributed by atoms with Crippen molar-refractivity contribution in [2.75, 3.05) is 126 Å². The van der Waals surface area contributed by atoms with Crippen molar-refractivity contribution in [3.63, 3.8) is 0 Å². The van der Waals surface area contributed by atoms with Gasteiger partial charge < -0.3 is 53.2 Å². The zero-order valence-corrected chi connectivity index (χ0v) is 92.3. The van der Waals surface area contributed by atoms with Gasteiger partial charge in [-0.3, -0.25) is 14.5 Å². The van der Waals surface area contributed by atoms with Crippen molar-refractivity contribution in [2.45, 2.75) is 455 Å². The number of ether oxygens (including phenoxy) is 7. The van der Waals surface area contributed by atoms with Gasteiger partial charge in [0.15, 0.2) is 0 Å². The maximum atomic E-state index is 12.8. The molecule has 12 rings (SSSR count). The minimum Gasteiger partial charge on any atom is -0.393 e. The molecular weight excluding hydrogens is 1660 g/mol. The number of rotatable bonds is 19. The average molecular weight is 1890 g/mol. The Morgan fingerprint density at radius 1 is 0.364 bits per heavy atom. The molecule has 9 saturated heterocycles. The molecule has 788 valence electrons. The Balaban J connectivity index is 0.000000724. The standard InChI is InChI=1S/C12H24FN.C12H23NO2.C12H24O.C11H18F3NO.C10H20.C9H18O.6C8H16O/c1-10(2)11-5-7-14(8-6-11)12(3,4)9-13;1-10(2)11-5-4-7-13(9-11)12(14)6-8-15-3;1-9(2)10-5-7-11(8-6-10)12(3,4)13;1-8(2)9-4-3-5-15(7-9)10(16)6-11(12,13)14;1-8(2)10-6-4-5-9(3)7-10;1-7(2)8-4-3-5-9(10)6-8;2*1-7(2)8-3-5-9-6-4-8;2*1-7(2)8-4-3-5-9-6-8;2*1-7(2)8-5-3-4-6-9-8/h10-11H,5-9H2,1-4H3;10-11H,4-9H2,1-3H3;9-11,13H,5-8H2,1-4H3;8-9H,3-7H2,1-2H3;8-10H,4-7H2,1-3H3;7-10H,3-6H2,1-2H3;6*7-8H,3-6H2,1-2H3/t;11-;;9-;9-,10?;8?,9-;;;3*8-;/m.1.111..101./s1. The molecule has 10 atom stereocenters. The highest BCUT2D eigenvalue weighted by Crippen LogP contribution is 2.40. The Labute approximate surface area is 815 Å².